The Labute approximate surface area is 394 Å². The van der Waals surface area contributed by atoms with Crippen molar-refractivity contribution in [3.05, 3.63) is 230 Å². The number of nitrogens with zero attached hydrogens (tertiary/aromatic N) is 8. The van der Waals surface area contributed by atoms with Crippen molar-refractivity contribution in [3.63, 3.8) is 0 Å². The summed E-state index contributed by atoms with van der Waals surface area (Å²) >= 11 is 0. The maximum atomic E-state index is 5.27. The van der Waals surface area contributed by atoms with Crippen LogP contribution in [-0.2, 0) is 0 Å². The van der Waals surface area contributed by atoms with Crippen LogP contribution in [0, 0.1) is 13.8 Å². The minimum Gasteiger partial charge on any atom is -0.239 e. The standard InChI is InChI=1S/C60H42N8/c1-39-37-53(62-40(2)61-39)52-32-18-31-49(47-27-17-28-48(38-47)59-65-55(43-21-9-4-10-22-43)63-56(66-59)44-23-11-5-12-24-44)54(52)50-29-15-16-30-51(50)60-67-57(45-25-13-6-14-26-45)64-58(68-60)46-35-33-42(34-36-46)41-19-7-3-8-20-41/h3-38H,1-2H3. The molecule has 68 heavy (non-hydrogen) atoms. The summed E-state index contributed by atoms with van der Waals surface area (Å²) in [5.74, 6) is 4.18. The van der Waals surface area contributed by atoms with Crippen molar-refractivity contribution in [1.29, 1.82) is 0 Å². The van der Waals surface area contributed by atoms with Gasteiger partial charge in [-0.15, -0.1) is 0 Å². The molecule has 0 atom stereocenters. The smallest absolute Gasteiger partial charge is 0.164 e. The zero-order chi connectivity index (χ0) is 45.8. The van der Waals surface area contributed by atoms with Gasteiger partial charge in [-0.1, -0.05) is 206 Å². The first-order valence-electron chi connectivity index (χ1n) is 22.5. The van der Waals surface area contributed by atoms with Crippen molar-refractivity contribution in [1.82, 2.24) is 39.9 Å². The maximum Gasteiger partial charge on any atom is 0.164 e. The normalized spacial score (nSPS) is 11.1. The highest BCUT2D eigenvalue weighted by molar-refractivity contribution is 5.99. The van der Waals surface area contributed by atoms with Crippen LogP contribution in [0.5, 0.6) is 0 Å². The molecule has 8 aromatic carbocycles. The summed E-state index contributed by atoms with van der Waals surface area (Å²) in [7, 11) is 0. The first-order chi connectivity index (χ1) is 33.5. The molecule has 0 amide bonds. The Bertz CT molecular complexity index is 3490. The van der Waals surface area contributed by atoms with Crippen molar-refractivity contribution in [3.8, 4) is 113 Å². The second kappa shape index (κ2) is 18.4. The molecule has 0 radical (unpaired) electrons. The van der Waals surface area contributed by atoms with Crippen molar-refractivity contribution < 1.29 is 0 Å². The molecule has 0 N–H and O–H groups in total. The van der Waals surface area contributed by atoms with Gasteiger partial charge in [0, 0.05) is 44.6 Å². The predicted molar refractivity (Wildman–Crippen MR) is 273 cm³/mol. The van der Waals surface area contributed by atoms with E-state index in [-0.39, 0.29) is 0 Å². The monoisotopic (exact) mass is 874 g/mol. The van der Waals surface area contributed by atoms with E-state index in [0.29, 0.717) is 40.8 Å². The second-order valence-corrected chi connectivity index (χ2v) is 16.5. The molecule has 0 bridgehead atoms. The average molecular weight is 875 g/mol. The highest BCUT2D eigenvalue weighted by Gasteiger charge is 2.22. The lowest BCUT2D eigenvalue weighted by Gasteiger charge is -2.19. The van der Waals surface area contributed by atoms with Gasteiger partial charge in [-0.2, -0.15) is 0 Å². The maximum absolute atomic E-state index is 5.27. The number of benzene rings is 8. The minimum atomic E-state index is 0.549. The lowest BCUT2D eigenvalue weighted by molar-refractivity contribution is 1.02. The average Bonchev–Trinajstić information content (AvgIpc) is 3.41. The molecular formula is C60H42N8. The van der Waals surface area contributed by atoms with Gasteiger partial charge in [0.15, 0.2) is 34.9 Å². The van der Waals surface area contributed by atoms with Gasteiger partial charge in [0.2, 0.25) is 0 Å². The van der Waals surface area contributed by atoms with Crippen molar-refractivity contribution in [2.75, 3.05) is 0 Å². The van der Waals surface area contributed by atoms with Crippen LogP contribution in [0.2, 0.25) is 0 Å². The van der Waals surface area contributed by atoms with Crippen molar-refractivity contribution in [2.24, 2.45) is 0 Å². The summed E-state index contributed by atoms with van der Waals surface area (Å²) in [4.78, 5) is 40.4. The first-order valence-corrected chi connectivity index (χ1v) is 22.5. The van der Waals surface area contributed by atoms with E-state index in [1.165, 1.54) is 0 Å². The highest BCUT2D eigenvalue weighted by Crippen LogP contribution is 2.44. The molecule has 322 valence electrons. The molecule has 0 saturated carbocycles. The van der Waals surface area contributed by atoms with Crippen LogP contribution in [0.3, 0.4) is 0 Å². The second-order valence-electron chi connectivity index (χ2n) is 16.5. The summed E-state index contributed by atoms with van der Waals surface area (Å²) in [6.07, 6.45) is 0. The first kappa shape index (κ1) is 41.6. The van der Waals surface area contributed by atoms with Gasteiger partial charge < -0.3 is 0 Å². The molecule has 11 aromatic rings. The summed E-state index contributed by atoms with van der Waals surface area (Å²) in [5, 5.41) is 0. The van der Waals surface area contributed by atoms with Gasteiger partial charge in [0.25, 0.3) is 0 Å². The van der Waals surface area contributed by atoms with Crippen LogP contribution < -0.4 is 0 Å². The van der Waals surface area contributed by atoms with E-state index in [2.05, 4.69) is 114 Å². The van der Waals surface area contributed by atoms with Gasteiger partial charge >= 0.3 is 0 Å². The van der Waals surface area contributed by atoms with Crippen LogP contribution in [0.15, 0.2) is 218 Å². The third kappa shape index (κ3) is 8.57. The molecule has 0 unspecified atom stereocenters. The highest BCUT2D eigenvalue weighted by atomic mass is 15.0. The molecule has 3 aromatic heterocycles. The topological polar surface area (TPSA) is 103 Å². The van der Waals surface area contributed by atoms with E-state index in [4.69, 9.17) is 34.9 Å². The van der Waals surface area contributed by atoms with E-state index in [0.717, 1.165) is 83.7 Å². The summed E-state index contributed by atoms with van der Waals surface area (Å²) in [5.41, 5.74) is 14.1. The Morgan fingerprint density at radius 1 is 0.235 bits per heavy atom. The zero-order valence-corrected chi connectivity index (χ0v) is 37.4. The fourth-order valence-electron chi connectivity index (χ4n) is 8.60. The number of hydrogen-bond acceptors (Lipinski definition) is 8. The van der Waals surface area contributed by atoms with Crippen LogP contribution in [0.1, 0.15) is 11.5 Å². The number of hydrogen-bond donors (Lipinski definition) is 0. The Hall–Kier alpha value is -9.14. The van der Waals surface area contributed by atoms with Crippen molar-refractivity contribution in [2.45, 2.75) is 13.8 Å². The summed E-state index contributed by atoms with van der Waals surface area (Å²) in [6.45, 7) is 3.94. The van der Waals surface area contributed by atoms with Crippen LogP contribution in [-0.4, -0.2) is 39.9 Å². The Balaban J connectivity index is 1.10. The van der Waals surface area contributed by atoms with Gasteiger partial charge in [0.05, 0.1) is 5.69 Å². The molecule has 0 aliphatic rings. The molecule has 0 saturated heterocycles. The van der Waals surface area contributed by atoms with E-state index < -0.39 is 0 Å². The molecule has 0 spiro atoms. The van der Waals surface area contributed by atoms with Crippen LogP contribution in [0.4, 0.5) is 0 Å². The molecule has 8 nitrogen and oxygen atoms in total. The molecule has 11 rings (SSSR count). The fraction of sp³-hybridized carbons (Fsp3) is 0.0333. The quantitative estimate of drug-likeness (QED) is 0.134. The van der Waals surface area contributed by atoms with E-state index >= 15 is 0 Å². The SMILES string of the molecule is Cc1cc(-c2cccc(-c3cccc(-c4nc(-c5ccccc5)nc(-c5ccccc5)n4)c3)c2-c2ccccc2-c2nc(-c3ccccc3)nc(-c3ccc(-c4ccccc4)cc3)n2)nc(C)n1. The summed E-state index contributed by atoms with van der Waals surface area (Å²) in [6, 6.07) is 74.1. The fourth-order valence-corrected chi connectivity index (χ4v) is 8.60. The van der Waals surface area contributed by atoms with Gasteiger partial charge in [-0.05, 0) is 59.4 Å². The molecule has 0 aliphatic heterocycles. The summed E-state index contributed by atoms with van der Waals surface area (Å²) < 4.78 is 0. The Morgan fingerprint density at radius 2 is 0.603 bits per heavy atom. The largest absolute Gasteiger partial charge is 0.239 e. The Morgan fingerprint density at radius 3 is 1.15 bits per heavy atom. The number of aryl methyl sites for hydroxylation is 2. The Kier molecular flexibility index (Phi) is 11.2. The van der Waals surface area contributed by atoms with E-state index in [1.807, 2.05) is 123 Å². The van der Waals surface area contributed by atoms with Gasteiger partial charge in [-0.3, -0.25) is 0 Å². The van der Waals surface area contributed by atoms with Gasteiger partial charge in [0.1, 0.15) is 5.82 Å². The third-order valence-corrected chi connectivity index (χ3v) is 11.8. The molecule has 8 heteroatoms. The van der Waals surface area contributed by atoms with E-state index in [9.17, 15) is 0 Å². The minimum absolute atomic E-state index is 0.549. The molecule has 3 heterocycles. The lowest BCUT2D eigenvalue weighted by atomic mass is 9.86. The lowest BCUT2D eigenvalue weighted by Crippen LogP contribution is -2.02. The molecule has 0 fully saturated rings. The van der Waals surface area contributed by atoms with Crippen molar-refractivity contribution >= 4 is 0 Å². The van der Waals surface area contributed by atoms with E-state index in [1.54, 1.807) is 0 Å². The van der Waals surface area contributed by atoms with Crippen LogP contribution in [0.25, 0.3) is 113 Å². The van der Waals surface area contributed by atoms with Crippen LogP contribution >= 0.6 is 0 Å². The molecule has 0 aliphatic carbocycles. The van der Waals surface area contributed by atoms with Gasteiger partial charge in [-0.25, -0.2) is 39.9 Å². The number of aromatic nitrogens is 8. The molecular weight excluding hydrogens is 833 g/mol. The zero-order valence-electron chi connectivity index (χ0n) is 37.4. The number of rotatable bonds is 10. The third-order valence-electron chi connectivity index (χ3n) is 11.8. The predicted octanol–water partition coefficient (Wildman–Crippen LogP) is 14.1.